The molecular formula is C25H23N3Si. The molecule has 3 aromatic carbocycles. The number of rotatable bonds is 3. The van der Waals surface area contributed by atoms with Gasteiger partial charge in [-0.05, 0) is 34.0 Å². The molecule has 0 amide bonds. The fourth-order valence-electron chi connectivity index (χ4n) is 4.48. The van der Waals surface area contributed by atoms with Gasteiger partial charge in [-0.15, -0.1) is 0 Å². The summed E-state index contributed by atoms with van der Waals surface area (Å²) >= 11 is 0. The number of benzene rings is 3. The molecule has 0 saturated heterocycles. The van der Waals surface area contributed by atoms with Crippen molar-refractivity contribution >= 4 is 18.4 Å². The van der Waals surface area contributed by atoms with E-state index in [1.54, 1.807) is 0 Å². The third-order valence-electron chi connectivity index (χ3n) is 5.87. The first kappa shape index (κ1) is 17.9. The standard InChI is InChI=1S/C25H23N3Si/c1-17-26-23(28-25(27-17)18-10-5-4-6-11-18)16-19-12-9-15-22-24(19)20-13-7-8-14-21(20)29(22,2)3/h4-15H,16H2,1-3H3. The number of hydrogen-bond donors (Lipinski definition) is 0. The van der Waals surface area contributed by atoms with E-state index in [0.29, 0.717) is 6.42 Å². The van der Waals surface area contributed by atoms with Crippen molar-refractivity contribution in [1.29, 1.82) is 0 Å². The second-order valence-corrected chi connectivity index (χ2v) is 12.5. The van der Waals surface area contributed by atoms with E-state index in [9.17, 15) is 0 Å². The van der Waals surface area contributed by atoms with E-state index in [-0.39, 0.29) is 0 Å². The van der Waals surface area contributed by atoms with Crippen LogP contribution in [0.1, 0.15) is 17.2 Å². The molecule has 1 aliphatic rings. The van der Waals surface area contributed by atoms with Crippen molar-refractivity contribution in [3.8, 4) is 22.5 Å². The Morgan fingerprint density at radius 1 is 0.724 bits per heavy atom. The molecule has 4 aromatic rings. The Hall–Kier alpha value is -3.11. The largest absolute Gasteiger partial charge is 0.218 e. The minimum atomic E-state index is -1.66. The maximum atomic E-state index is 4.81. The molecule has 4 heteroatoms. The van der Waals surface area contributed by atoms with Crippen molar-refractivity contribution in [2.75, 3.05) is 0 Å². The quantitative estimate of drug-likeness (QED) is 0.489. The molecule has 5 rings (SSSR count). The molecule has 0 radical (unpaired) electrons. The first-order valence-corrected chi connectivity index (χ1v) is 13.0. The smallest absolute Gasteiger partial charge is 0.163 e. The number of hydrogen-bond acceptors (Lipinski definition) is 3. The van der Waals surface area contributed by atoms with Crippen molar-refractivity contribution in [2.24, 2.45) is 0 Å². The zero-order valence-electron chi connectivity index (χ0n) is 17.0. The Morgan fingerprint density at radius 2 is 1.45 bits per heavy atom. The highest BCUT2D eigenvalue weighted by Crippen LogP contribution is 2.31. The predicted molar refractivity (Wildman–Crippen MR) is 121 cm³/mol. The van der Waals surface area contributed by atoms with Crippen LogP contribution in [0, 0.1) is 6.92 Å². The molecule has 0 N–H and O–H groups in total. The summed E-state index contributed by atoms with van der Waals surface area (Å²) in [4.78, 5) is 14.0. The van der Waals surface area contributed by atoms with Gasteiger partial charge in [0, 0.05) is 12.0 Å². The van der Waals surface area contributed by atoms with Crippen LogP contribution in [0.25, 0.3) is 22.5 Å². The Bertz CT molecular complexity index is 1220. The van der Waals surface area contributed by atoms with Gasteiger partial charge in [0.05, 0.1) is 0 Å². The minimum absolute atomic E-state index is 0.713. The van der Waals surface area contributed by atoms with E-state index in [2.05, 4.69) is 65.5 Å². The Morgan fingerprint density at radius 3 is 2.28 bits per heavy atom. The van der Waals surface area contributed by atoms with Crippen LogP contribution >= 0.6 is 0 Å². The van der Waals surface area contributed by atoms with Crippen LogP contribution in [0.15, 0.2) is 72.8 Å². The summed E-state index contributed by atoms with van der Waals surface area (Å²) in [5.74, 6) is 2.33. The molecule has 0 saturated carbocycles. The van der Waals surface area contributed by atoms with Crippen molar-refractivity contribution in [3.05, 3.63) is 90.0 Å². The van der Waals surface area contributed by atoms with Gasteiger partial charge in [-0.2, -0.15) is 0 Å². The fourth-order valence-corrected chi connectivity index (χ4v) is 7.60. The highest BCUT2D eigenvalue weighted by Gasteiger charge is 2.38. The van der Waals surface area contributed by atoms with Crippen LogP contribution in [-0.4, -0.2) is 23.0 Å². The van der Waals surface area contributed by atoms with E-state index >= 15 is 0 Å². The molecule has 1 aliphatic heterocycles. The third kappa shape index (κ3) is 3.00. The SMILES string of the molecule is Cc1nc(Cc2cccc3c2-c2ccccc2[Si]3(C)C)nc(-c2ccccc2)n1. The molecule has 29 heavy (non-hydrogen) atoms. The average Bonchev–Trinajstić information content (AvgIpc) is 2.97. The van der Waals surface area contributed by atoms with E-state index in [4.69, 9.17) is 4.98 Å². The molecule has 142 valence electrons. The van der Waals surface area contributed by atoms with Gasteiger partial charge in [0.15, 0.2) is 5.82 Å². The second kappa shape index (κ2) is 6.74. The fraction of sp³-hybridized carbons (Fsp3) is 0.160. The van der Waals surface area contributed by atoms with Crippen molar-refractivity contribution < 1.29 is 0 Å². The van der Waals surface area contributed by atoms with Crippen LogP contribution < -0.4 is 10.4 Å². The molecule has 0 aliphatic carbocycles. The number of aromatic nitrogens is 3. The summed E-state index contributed by atoms with van der Waals surface area (Å²) in [6.45, 7) is 6.84. The van der Waals surface area contributed by atoms with Crippen LogP contribution in [0.4, 0.5) is 0 Å². The van der Waals surface area contributed by atoms with Crippen LogP contribution in [-0.2, 0) is 6.42 Å². The van der Waals surface area contributed by atoms with Crippen LogP contribution in [0.5, 0.6) is 0 Å². The molecule has 2 heterocycles. The van der Waals surface area contributed by atoms with Gasteiger partial charge < -0.3 is 0 Å². The summed E-state index contributed by atoms with van der Waals surface area (Å²) in [7, 11) is -1.66. The van der Waals surface area contributed by atoms with Crippen molar-refractivity contribution in [3.63, 3.8) is 0 Å². The Labute approximate surface area is 172 Å². The molecular weight excluding hydrogens is 370 g/mol. The van der Waals surface area contributed by atoms with E-state index in [0.717, 1.165) is 23.0 Å². The zero-order chi connectivity index (χ0) is 20.0. The summed E-state index contributed by atoms with van der Waals surface area (Å²) in [5, 5.41) is 3.05. The molecule has 0 bridgehead atoms. The lowest BCUT2D eigenvalue weighted by Crippen LogP contribution is -2.49. The highest BCUT2D eigenvalue weighted by atomic mass is 28.3. The highest BCUT2D eigenvalue weighted by molar-refractivity contribution is 7.03. The lowest BCUT2D eigenvalue weighted by molar-refractivity contribution is 0.887. The molecule has 1 aromatic heterocycles. The molecule has 0 unspecified atom stereocenters. The van der Waals surface area contributed by atoms with Gasteiger partial charge in [-0.3, -0.25) is 0 Å². The summed E-state index contributed by atoms with van der Waals surface area (Å²) < 4.78 is 0. The van der Waals surface area contributed by atoms with Crippen LogP contribution in [0.3, 0.4) is 0 Å². The molecule has 0 fully saturated rings. The van der Waals surface area contributed by atoms with Gasteiger partial charge >= 0.3 is 0 Å². The maximum absolute atomic E-state index is 4.81. The topological polar surface area (TPSA) is 38.7 Å². The maximum Gasteiger partial charge on any atom is 0.163 e. The van der Waals surface area contributed by atoms with E-state index in [1.165, 1.54) is 27.1 Å². The van der Waals surface area contributed by atoms with Crippen molar-refractivity contribution in [2.45, 2.75) is 26.4 Å². The number of fused-ring (bicyclic) bond motifs is 3. The molecule has 0 spiro atoms. The van der Waals surface area contributed by atoms with Gasteiger partial charge in [0.25, 0.3) is 0 Å². The normalized spacial score (nSPS) is 13.8. The van der Waals surface area contributed by atoms with E-state index in [1.807, 2.05) is 37.3 Å². The number of aryl methyl sites for hydroxylation is 1. The van der Waals surface area contributed by atoms with Crippen molar-refractivity contribution in [1.82, 2.24) is 15.0 Å². The molecule has 0 atom stereocenters. The average molecular weight is 394 g/mol. The van der Waals surface area contributed by atoms with Gasteiger partial charge in [0.2, 0.25) is 0 Å². The zero-order valence-corrected chi connectivity index (χ0v) is 18.0. The van der Waals surface area contributed by atoms with Gasteiger partial charge in [-0.1, -0.05) is 85.9 Å². The number of nitrogens with zero attached hydrogens (tertiary/aromatic N) is 3. The first-order chi connectivity index (χ1) is 14.0. The lowest BCUT2D eigenvalue weighted by Gasteiger charge is -2.18. The third-order valence-corrected chi connectivity index (χ3v) is 9.41. The Kier molecular flexibility index (Phi) is 4.17. The molecule has 3 nitrogen and oxygen atoms in total. The monoisotopic (exact) mass is 393 g/mol. The lowest BCUT2D eigenvalue weighted by atomic mass is 9.97. The summed E-state index contributed by atoms with van der Waals surface area (Å²) in [6, 6.07) is 25.8. The van der Waals surface area contributed by atoms with E-state index < -0.39 is 8.07 Å². The van der Waals surface area contributed by atoms with Crippen LogP contribution in [0.2, 0.25) is 13.1 Å². The second-order valence-electron chi connectivity index (χ2n) is 8.18. The Balaban J connectivity index is 1.61. The van der Waals surface area contributed by atoms with Gasteiger partial charge in [-0.25, -0.2) is 15.0 Å². The van der Waals surface area contributed by atoms with Gasteiger partial charge in [0.1, 0.15) is 19.7 Å². The summed E-state index contributed by atoms with van der Waals surface area (Å²) in [6.07, 6.45) is 0.713. The summed E-state index contributed by atoms with van der Waals surface area (Å²) in [5.41, 5.74) is 5.12. The minimum Gasteiger partial charge on any atom is -0.218 e. The predicted octanol–water partition coefficient (Wildman–Crippen LogP) is 4.24. The first-order valence-electron chi connectivity index (χ1n) is 10.0.